The van der Waals surface area contributed by atoms with Gasteiger partial charge in [-0.2, -0.15) is 0 Å². The third-order valence-corrected chi connectivity index (χ3v) is 5.09. The average molecular weight is 469 g/mol. The summed E-state index contributed by atoms with van der Waals surface area (Å²) in [6, 6.07) is 13.7. The second-order valence-corrected chi connectivity index (χ2v) is 7.70. The van der Waals surface area contributed by atoms with Gasteiger partial charge in [0.15, 0.2) is 0 Å². The van der Waals surface area contributed by atoms with Gasteiger partial charge in [0.25, 0.3) is 0 Å². The number of hydrogen-bond acceptors (Lipinski definition) is 5. The van der Waals surface area contributed by atoms with Crippen LogP contribution in [-0.4, -0.2) is 53.2 Å². The number of benzene rings is 2. The van der Waals surface area contributed by atoms with Gasteiger partial charge in [-0.3, -0.25) is 0 Å². The highest BCUT2D eigenvalue weighted by Gasteiger charge is 2.24. The molecule has 2 rings (SSSR count). The lowest BCUT2D eigenvalue weighted by molar-refractivity contribution is 0.0536. The van der Waals surface area contributed by atoms with Crippen LogP contribution < -0.4 is 9.47 Å². The van der Waals surface area contributed by atoms with Crippen LogP contribution in [0.1, 0.15) is 58.2 Å². The fourth-order valence-corrected chi connectivity index (χ4v) is 2.90. The van der Waals surface area contributed by atoms with Crippen LogP contribution >= 0.6 is 11.6 Å². The summed E-state index contributed by atoms with van der Waals surface area (Å²) in [5, 5.41) is 27.8. The van der Waals surface area contributed by atoms with E-state index in [1.54, 1.807) is 0 Å². The molecule has 32 heavy (non-hydrogen) atoms. The summed E-state index contributed by atoms with van der Waals surface area (Å²) in [5.41, 5.74) is 3.01. The Balaban J connectivity index is 0.00000227. The van der Waals surface area contributed by atoms with Crippen LogP contribution in [0.25, 0.3) is 0 Å². The average Bonchev–Trinajstić information content (AvgIpc) is 2.84. The van der Waals surface area contributed by atoms with Gasteiger partial charge in [0, 0.05) is 5.41 Å². The maximum Gasteiger partial charge on any atom is 0.122 e. The first-order valence-electron chi connectivity index (χ1n) is 11.3. The highest BCUT2D eigenvalue weighted by atomic mass is 35.5. The van der Waals surface area contributed by atoms with Gasteiger partial charge in [-0.15, -0.1) is 11.6 Å². The van der Waals surface area contributed by atoms with Gasteiger partial charge in [-0.1, -0.05) is 65.8 Å². The maximum absolute atomic E-state index is 9.55. The molecule has 0 aliphatic rings. The van der Waals surface area contributed by atoms with Gasteiger partial charge in [-0.05, 0) is 41.8 Å². The molecule has 0 aromatic heterocycles. The standard InChI is InChI=1S/C22H29ClO5.2C2H6/c1-15-10-17(6-9-21(15)28-13-18(25)11-23)22(2,3)16-4-7-20(8-5-16)27-14-19(26)12-24;2*1-2/h4-10,18-19,24-26H,11-14H2,1-3H3;2*1-2H3. The Kier molecular flexibility index (Phi) is 15.0. The molecule has 0 spiro atoms. The summed E-state index contributed by atoms with van der Waals surface area (Å²) < 4.78 is 11.1. The minimum Gasteiger partial charge on any atom is -0.491 e. The van der Waals surface area contributed by atoms with Gasteiger partial charge < -0.3 is 24.8 Å². The van der Waals surface area contributed by atoms with Gasteiger partial charge in [-0.25, -0.2) is 0 Å². The van der Waals surface area contributed by atoms with Gasteiger partial charge in [0.2, 0.25) is 0 Å². The van der Waals surface area contributed by atoms with Crippen LogP contribution in [0.4, 0.5) is 0 Å². The quantitative estimate of drug-likeness (QED) is 0.423. The lowest BCUT2D eigenvalue weighted by Crippen LogP contribution is -2.22. The van der Waals surface area contributed by atoms with Crippen molar-refractivity contribution in [1.82, 2.24) is 0 Å². The lowest BCUT2D eigenvalue weighted by Gasteiger charge is -2.27. The lowest BCUT2D eigenvalue weighted by atomic mass is 9.77. The molecule has 2 aromatic rings. The van der Waals surface area contributed by atoms with E-state index in [9.17, 15) is 10.2 Å². The van der Waals surface area contributed by atoms with Gasteiger partial charge >= 0.3 is 0 Å². The number of aliphatic hydroxyl groups excluding tert-OH is 3. The number of aliphatic hydroxyl groups is 3. The Morgan fingerprint density at radius 3 is 1.88 bits per heavy atom. The third kappa shape index (κ3) is 9.37. The maximum atomic E-state index is 9.55. The summed E-state index contributed by atoms with van der Waals surface area (Å²) in [5.74, 6) is 1.52. The van der Waals surface area contributed by atoms with E-state index in [2.05, 4.69) is 19.9 Å². The number of ether oxygens (including phenoxy) is 2. The van der Waals surface area contributed by atoms with E-state index < -0.39 is 12.2 Å². The molecule has 2 unspecified atom stereocenters. The molecule has 0 radical (unpaired) electrons. The van der Waals surface area contributed by atoms with Crippen LogP contribution in [0.3, 0.4) is 0 Å². The van der Waals surface area contributed by atoms with E-state index in [-0.39, 0.29) is 31.1 Å². The second kappa shape index (κ2) is 15.9. The second-order valence-electron chi connectivity index (χ2n) is 7.40. The first-order chi connectivity index (χ1) is 15.3. The number of alkyl halides is 1. The Morgan fingerprint density at radius 2 is 1.38 bits per heavy atom. The molecule has 3 N–H and O–H groups in total. The summed E-state index contributed by atoms with van der Waals surface area (Å²) in [6.45, 7) is 14.2. The van der Waals surface area contributed by atoms with E-state index in [1.807, 2.05) is 71.0 Å². The molecule has 0 bridgehead atoms. The van der Waals surface area contributed by atoms with Crippen molar-refractivity contribution in [2.24, 2.45) is 0 Å². The molecule has 182 valence electrons. The van der Waals surface area contributed by atoms with Crippen LogP contribution in [0, 0.1) is 6.92 Å². The van der Waals surface area contributed by atoms with Crippen molar-refractivity contribution in [3.8, 4) is 11.5 Å². The van der Waals surface area contributed by atoms with E-state index >= 15 is 0 Å². The van der Waals surface area contributed by atoms with Crippen molar-refractivity contribution in [3.05, 3.63) is 59.2 Å². The number of hydrogen-bond donors (Lipinski definition) is 3. The third-order valence-electron chi connectivity index (χ3n) is 4.74. The predicted molar refractivity (Wildman–Crippen MR) is 133 cm³/mol. The van der Waals surface area contributed by atoms with Crippen molar-refractivity contribution >= 4 is 11.6 Å². The highest BCUT2D eigenvalue weighted by Crippen LogP contribution is 2.34. The van der Waals surface area contributed by atoms with Gasteiger partial charge in [0.05, 0.1) is 12.5 Å². The summed E-state index contributed by atoms with van der Waals surface area (Å²) in [4.78, 5) is 0. The first kappa shape index (κ1) is 30.2. The molecule has 2 aromatic carbocycles. The van der Waals surface area contributed by atoms with Crippen molar-refractivity contribution < 1.29 is 24.8 Å². The SMILES string of the molecule is CC.CC.Cc1cc(C(C)(C)c2ccc(OCC(O)CO)cc2)ccc1OCC(O)CCl. The molecule has 6 heteroatoms. The monoisotopic (exact) mass is 468 g/mol. The summed E-state index contributed by atoms with van der Waals surface area (Å²) in [6.07, 6.45) is -1.57. The van der Waals surface area contributed by atoms with E-state index in [4.69, 9.17) is 26.2 Å². The van der Waals surface area contributed by atoms with Crippen LogP contribution in [0.2, 0.25) is 0 Å². The topological polar surface area (TPSA) is 79.2 Å². The molecule has 2 atom stereocenters. The van der Waals surface area contributed by atoms with E-state index in [0.717, 1.165) is 22.4 Å². The summed E-state index contributed by atoms with van der Waals surface area (Å²) in [7, 11) is 0. The zero-order chi connectivity index (χ0) is 24.7. The molecular formula is C26H41ClO5. The van der Waals surface area contributed by atoms with Crippen LogP contribution in [0.5, 0.6) is 11.5 Å². The smallest absolute Gasteiger partial charge is 0.122 e. The number of rotatable bonds is 10. The van der Waals surface area contributed by atoms with Crippen molar-refractivity contribution in [1.29, 1.82) is 0 Å². The molecule has 5 nitrogen and oxygen atoms in total. The zero-order valence-corrected chi connectivity index (χ0v) is 21.3. The van der Waals surface area contributed by atoms with E-state index in [0.29, 0.717) is 5.75 Å². The Hall–Kier alpha value is -1.79. The van der Waals surface area contributed by atoms with E-state index in [1.165, 1.54) is 0 Å². The van der Waals surface area contributed by atoms with Crippen LogP contribution in [0.15, 0.2) is 42.5 Å². The largest absolute Gasteiger partial charge is 0.491 e. The normalized spacial score (nSPS) is 12.5. The van der Waals surface area contributed by atoms with Crippen molar-refractivity contribution in [2.75, 3.05) is 25.7 Å². The molecule has 0 amide bonds. The van der Waals surface area contributed by atoms with Crippen molar-refractivity contribution in [2.45, 2.75) is 66.1 Å². The molecule has 0 heterocycles. The molecule has 0 saturated carbocycles. The molecule has 0 aliphatic heterocycles. The number of aryl methyl sites for hydroxylation is 1. The zero-order valence-electron chi connectivity index (χ0n) is 20.6. The fourth-order valence-electron chi connectivity index (χ4n) is 2.81. The predicted octanol–water partition coefficient (Wildman–Crippen LogP) is 5.08. The molecule has 0 aliphatic carbocycles. The Bertz CT molecular complexity index is 746. The Labute approximate surface area is 199 Å². The van der Waals surface area contributed by atoms with Crippen LogP contribution in [-0.2, 0) is 5.41 Å². The highest BCUT2D eigenvalue weighted by molar-refractivity contribution is 6.18. The molecule has 0 saturated heterocycles. The minimum absolute atomic E-state index is 0.0539. The molecule has 0 fully saturated rings. The minimum atomic E-state index is -0.884. The number of halogens is 1. The summed E-state index contributed by atoms with van der Waals surface area (Å²) >= 11 is 5.60. The fraction of sp³-hybridized carbons (Fsp3) is 0.538. The first-order valence-corrected chi connectivity index (χ1v) is 11.8. The van der Waals surface area contributed by atoms with Gasteiger partial charge in [0.1, 0.15) is 36.9 Å². The Morgan fingerprint density at radius 1 is 0.844 bits per heavy atom. The van der Waals surface area contributed by atoms with Crippen molar-refractivity contribution in [3.63, 3.8) is 0 Å². The molecular weight excluding hydrogens is 428 g/mol.